The molecular weight excluding hydrogens is 727 g/mol. The highest BCUT2D eigenvalue weighted by Gasteiger charge is 2.43. The summed E-state index contributed by atoms with van der Waals surface area (Å²) in [6.45, 7) is 26.3. The molecule has 2 aliphatic rings. The molecule has 0 spiro atoms. The predicted molar refractivity (Wildman–Crippen MR) is 214 cm³/mol. The minimum atomic E-state index is -2.80. The fourth-order valence-electron chi connectivity index (χ4n) is 7.43. The average Bonchev–Trinajstić information content (AvgIpc) is 3.77. The van der Waals surface area contributed by atoms with E-state index >= 15 is 0 Å². The third-order valence-electron chi connectivity index (χ3n) is 10.00. The van der Waals surface area contributed by atoms with E-state index < -0.39 is 6.43 Å². The Morgan fingerprint density at radius 1 is 0.586 bits per heavy atom. The minimum absolute atomic E-state index is 0.0188. The maximum absolute atomic E-state index is 13.8. The van der Waals surface area contributed by atoms with Crippen molar-refractivity contribution in [2.24, 2.45) is 0 Å². The first-order valence-corrected chi connectivity index (χ1v) is 17.2. The second-order valence-corrected chi connectivity index (χ2v) is 13.0. The van der Waals surface area contributed by atoms with Crippen LogP contribution in [-0.2, 0) is 0 Å². The summed E-state index contributed by atoms with van der Waals surface area (Å²) in [5, 5.41) is 53.9. The first-order chi connectivity index (χ1) is 28.2. The zero-order valence-corrected chi connectivity index (χ0v) is 30.1. The number of fused-ring (bicyclic) bond motifs is 2. The predicted octanol–water partition coefficient (Wildman–Crippen LogP) is 11.6. The fraction of sp³-hybridized carbons (Fsp3) is 0.0417. The lowest BCUT2D eigenvalue weighted by Crippen LogP contribution is -2.05. The highest BCUT2D eigenvalue weighted by atomic mass is 19.3. The van der Waals surface area contributed by atoms with E-state index in [1.165, 1.54) is 60.7 Å². The number of hydrogen-bond donors (Lipinski definition) is 0. The van der Waals surface area contributed by atoms with Gasteiger partial charge >= 0.3 is 0 Å². The van der Waals surface area contributed by atoms with Crippen molar-refractivity contribution in [3.8, 4) is 30.3 Å². The lowest BCUT2D eigenvalue weighted by atomic mass is 9.81. The maximum Gasteiger partial charge on any atom is 0.263 e. The molecule has 7 rings (SSSR count). The van der Waals surface area contributed by atoms with Crippen molar-refractivity contribution < 1.29 is 8.78 Å². The average molecular weight is 747 g/mol. The number of nitriles is 5. The summed E-state index contributed by atoms with van der Waals surface area (Å²) in [6, 6.07) is 35.5. The Morgan fingerprint density at radius 2 is 1.16 bits per heavy atom. The van der Waals surface area contributed by atoms with Crippen LogP contribution in [-0.4, -0.2) is 0 Å². The molecule has 0 N–H and O–H groups in total. The second kappa shape index (κ2) is 14.9. The molecule has 0 saturated carbocycles. The third-order valence-corrected chi connectivity index (χ3v) is 10.00. The van der Waals surface area contributed by atoms with Crippen molar-refractivity contribution in [2.45, 2.75) is 13.3 Å². The molecule has 0 bridgehead atoms. The van der Waals surface area contributed by atoms with Crippen molar-refractivity contribution in [3.05, 3.63) is 204 Å². The Balaban J connectivity index is 1.73. The van der Waals surface area contributed by atoms with Crippen LogP contribution in [0, 0.1) is 83.3 Å². The van der Waals surface area contributed by atoms with Crippen molar-refractivity contribution in [1.82, 2.24) is 0 Å². The largest absolute Gasteiger partial charge is 0.263 e. The molecular formula is C48H20F2N8. The van der Waals surface area contributed by atoms with E-state index in [-0.39, 0.29) is 89.3 Å². The molecule has 0 fully saturated rings. The van der Waals surface area contributed by atoms with E-state index in [1.807, 2.05) is 25.1 Å². The smallest absolute Gasteiger partial charge is 0.238 e. The summed E-state index contributed by atoms with van der Waals surface area (Å²) < 4.78 is 27.5. The maximum atomic E-state index is 13.8. The first-order valence-electron chi connectivity index (χ1n) is 17.2. The van der Waals surface area contributed by atoms with Crippen LogP contribution in [0.5, 0.6) is 0 Å². The molecule has 58 heavy (non-hydrogen) atoms. The monoisotopic (exact) mass is 746 g/mol. The van der Waals surface area contributed by atoms with Crippen LogP contribution in [0.4, 0.5) is 14.5 Å². The number of rotatable bonds is 5. The van der Waals surface area contributed by atoms with Crippen LogP contribution in [0.3, 0.4) is 0 Å². The fourth-order valence-corrected chi connectivity index (χ4v) is 7.43. The van der Waals surface area contributed by atoms with Gasteiger partial charge in [-0.3, -0.25) is 0 Å². The molecule has 0 aromatic heterocycles. The summed E-state index contributed by atoms with van der Waals surface area (Å²) in [6.07, 6.45) is -2.80. The molecule has 266 valence electrons. The lowest BCUT2D eigenvalue weighted by Gasteiger charge is -2.19. The summed E-state index contributed by atoms with van der Waals surface area (Å²) in [5.41, 5.74) is 2.77. The van der Waals surface area contributed by atoms with Crippen LogP contribution >= 0.6 is 0 Å². The van der Waals surface area contributed by atoms with E-state index in [2.05, 4.69) is 38.8 Å². The Hall–Kier alpha value is -9.16. The van der Waals surface area contributed by atoms with Crippen molar-refractivity contribution in [2.75, 3.05) is 0 Å². The van der Waals surface area contributed by atoms with Gasteiger partial charge in [-0.25, -0.2) is 23.3 Å². The van der Waals surface area contributed by atoms with Gasteiger partial charge in [-0.2, -0.15) is 26.3 Å². The van der Waals surface area contributed by atoms with Gasteiger partial charge < -0.3 is 0 Å². The van der Waals surface area contributed by atoms with Crippen LogP contribution < -0.4 is 0 Å². The molecule has 8 nitrogen and oxygen atoms in total. The van der Waals surface area contributed by atoms with Gasteiger partial charge in [-0.1, -0.05) is 90.5 Å². The van der Waals surface area contributed by atoms with Crippen LogP contribution in [0.1, 0.15) is 78.8 Å². The zero-order valence-electron chi connectivity index (χ0n) is 30.1. The van der Waals surface area contributed by atoms with E-state index in [4.69, 9.17) is 19.7 Å². The van der Waals surface area contributed by atoms with Crippen LogP contribution in [0.15, 0.2) is 97.1 Å². The Labute approximate surface area is 332 Å². The molecule has 0 saturated heterocycles. The van der Waals surface area contributed by atoms with Crippen molar-refractivity contribution in [3.63, 3.8) is 0 Å². The molecule has 0 heterocycles. The Bertz CT molecular complexity index is 3120. The van der Waals surface area contributed by atoms with Crippen molar-refractivity contribution >= 4 is 50.5 Å². The molecule has 0 amide bonds. The van der Waals surface area contributed by atoms with Crippen LogP contribution in [0.25, 0.3) is 59.4 Å². The molecule has 5 aromatic carbocycles. The summed E-state index contributed by atoms with van der Waals surface area (Å²) in [7, 11) is 0. The second-order valence-electron chi connectivity index (χ2n) is 13.0. The van der Waals surface area contributed by atoms with E-state index in [0.29, 0.717) is 27.9 Å². The summed E-state index contributed by atoms with van der Waals surface area (Å²) >= 11 is 0. The van der Waals surface area contributed by atoms with E-state index in [0.717, 1.165) is 5.56 Å². The van der Waals surface area contributed by atoms with Crippen LogP contribution in [0.2, 0.25) is 0 Å². The number of halogens is 2. The molecule has 0 aliphatic heterocycles. The van der Waals surface area contributed by atoms with Gasteiger partial charge in [0.15, 0.2) is 5.69 Å². The number of alkyl halides is 2. The molecule has 0 unspecified atom stereocenters. The van der Waals surface area contributed by atoms with Gasteiger partial charge in [0.2, 0.25) is 11.4 Å². The van der Waals surface area contributed by atoms with Gasteiger partial charge in [0.25, 0.3) is 6.43 Å². The SMILES string of the molecule is [C-]#[N+]C1=C(c2ccc(C)cc2)/C(=C(/C#N)c2ccc([N+]#[C-])cc2)c2c(C#N)c3c(c(C#N)c21)C(C#N)=C(c1ccc(C(F)F)cc1)/C3=C(/[N+]#[C-])c1ccc(C#N)cc1. The van der Waals surface area contributed by atoms with Gasteiger partial charge in [-0.15, -0.1) is 0 Å². The third kappa shape index (κ3) is 5.75. The molecule has 2 aliphatic carbocycles. The number of allylic oxidation sites excluding steroid dienone is 6. The zero-order chi connectivity index (χ0) is 41.2. The van der Waals surface area contributed by atoms with Gasteiger partial charge in [0.05, 0.1) is 59.7 Å². The summed E-state index contributed by atoms with van der Waals surface area (Å²) in [4.78, 5) is 11.3. The molecule has 5 aromatic rings. The summed E-state index contributed by atoms with van der Waals surface area (Å²) in [5.74, 6) is 0. The number of aryl methyl sites for hydroxylation is 1. The van der Waals surface area contributed by atoms with Gasteiger partial charge in [0.1, 0.15) is 18.2 Å². The van der Waals surface area contributed by atoms with E-state index in [9.17, 15) is 35.1 Å². The standard InChI is InChI=1S/C48H20F2N8/c1-26-5-9-30(10-6-26)39-41(34(22-52)28-17-19-33(56-2)20-18-28)43-37(25-55)42-40(36(24-54)44(43)47(39)58-4)35(23-53)38(29-13-15-32(16-14-29)48(49)50)45(42)46(57-3)31-11-7-27(21-51)8-12-31/h5-20,48H,1H3/b41-34+,46-45-. The van der Waals surface area contributed by atoms with E-state index in [1.54, 1.807) is 24.3 Å². The van der Waals surface area contributed by atoms with Gasteiger partial charge in [0, 0.05) is 22.3 Å². The molecule has 0 atom stereocenters. The minimum Gasteiger partial charge on any atom is -0.238 e. The highest BCUT2D eigenvalue weighted by molar-refractivity contribution is 6.35. The Kier molecular flexibility index (Phi) is 9.57. The Morgan fingerprint density at radius 3 is 1.67 bits per heavy atom. The van der Waals surface area contributed by atoms with Crippen molar-refractivity contribution in [1.29, 1.82) is 26.3 Å². The first kappa shape index (κ1) is 37.2. The van der Waals surface area contributed by atoms with Gasteiger partial charge in [-0.05, 0) is 69.2 Å². The topological polar surface area (TPSA) is 132 Å². The number of hydrogen-bond acceptors (Lipinski definition) is 5. The highest BCUT2D eigenvalue weighted by Crippen LogP contribution is 2.59. The molecule has 10 heteroatoms. The number of benzene rings is 5. The quantitative estimate of drug-likeness (QED) is 0.130. The molecule has 0 radical (unpaired) electrons. The number of nitrogens with zero attached hydrogens (tertiary/aromatic N) is 8. The lowest BCUT2D eigenvalue weighted by molar-refractivity contribution is 0.151. The normalized spacial score (nSPS) is 14.1.